The summed E-state index contributed by atoms with van der Waals surface area (Å²) in [7, 11) is 0. The van der Waals surface area contributed by atoms with Gasteiger partial charge in [0.1, 0.15) is 0 Å². The predicted octanol–water partition coefficient (Wildman–Crippen LogP) is 3.44. The van der Waals surface area contributed by atoms with E-state index in [1.807, 2.05) is 24.3 Å². The highest BCUT2D eigenvalue weighted by Crippen LogP contribution is 2.19. The zero-order valence-electron chi connectivity index (χ0n) is 13.4. The van der Waals surface area contributed by atoms with E-state index in [4.69, 9.17) is 9.47 Å². The lowest BCUT2D eigenvalue weighted by Gasteiger charge is -2.17. The Bertz CT molecular complexity index is 476. The lowest BCUT2D eigenvalue weighted by Crippen LogP contribution is -2.23. The third-order valence-corrected chi connectivity index (χ3v) is 3.09. The molecule has 2 atom stereocenters. The second-order valence-corrected chi connectivity index (χ2v) is 5.68. The van der Waals surface area contributed by atoms with Crippen molar-refractivity contribution >= 4 is 11.9 Å². The molecule has 0 aromatic heterocycles. The minimum atomic E-state index is -0.863. The topological polar surface area (TPSA) is 52.6 Å². The number of carbonyl (C=O) groups is 2. The first kappa shape index (κ1) is 17.2. The Balaban J connectivity index is 2.63. The standard InChI is InChI=1S/C17H24O4/c1-11(2)10-15-6-8-16(9-7-15)12(3)17(19)21-14(5)20-13(4)18/h6-9,11-12,14H,10H2,1-5H3. The van der Waals surface area contributed by atoms with Gasteiger partial charge in [-0.25, -0.2) is 0 Å². The molecule has 4 heteroatoms. The van der Waals surface area contributed by atoms with E-state index in [1.165, 1.54) is 19.4 Å². The van der Waals surface area contributed by atoms with Gasteiger partial charge in [-0.3, -0.25) is 9.59 Å². The summed E-state index contributed by atoms with van der Waals surface area (Å²) in [4.78, 5) is 22.8. The summed E-state index contributed by atoms with van der Waals surface area (Å²) in [6, 6.07) is 7.96. The first-order valence-corrected chi connectivity index (χ1v) is 7.26. The molecule has 21 heavy (non-hydrogen) atoms. The highest BCUT2D eigenvalue weighted by molar-refractivity contribution is 5.78. The maximum Gasteiger partial charge on any atom is 0.316 e. The molecule has 0 saturated heterocycles. The van der Waals surface area contributed by atoms with Crippen molar-refractivity contribution in [2.45, 2.75) is 53.2 Å². The third kappa shape index (κ3) is 5.98. The smallest absolute Gasteiger partial charge is 0.316 e. The number of carbonyl (C=O) groups excluding carboxylic acids is 2. The van der Waals surface area contributed by atoms with Crippen LogP contribution in [0.25, 0.3) is 0 Å². The molecule has 0 fully saturated rings. The van der Waals surface area contributed by atoms with E-state index in [0.29, 0.717) is 5.92 Å². The van der Waals surface area contributed by atoms with E-state index >= 15 is 0 Å². The molecular formula is C17H24O4. The Hall–Kier alpha value is -1.84. The molecule has 0 aliphatic rings. The summed E-state index contributed by atoms with van der Waals surface area (Å²) in [5.41, 5.74) is 2.14. The van der Waals surface area contributed by atoms with Crippen molar-refractivity contribution < 1.29 is 19.1 Å². The molecule has 1 rings (SSSR count). The average Bonchev–Trinajstić information content (AvgIpc) is 2.36. The number of ether oxygens (including phenoxy) is 2. The molecule has 4 nitrogen and oxygen atoms in total. The van der Waals surface area contributed by atoms with Gasteiger partial charge < -0.3 is 9.47 Å². The van der Waals surface area contributed by atoms with Gasteiger partial charge in [-0.15, -0.1) is 0 Å². The van der Waals surface area contributed by atoms with Crippen LogP contribution in [0.15, 0.2) is 24.3 Å². The minimum Gasteiger partial charge on any atom is -0.426 e. The van der Waals surface area contributed by atoms with Gasteiger partial charge in [0.25, 0.3) is 0 Å². The van der Waals surface area contributed by atoms with E-state index in [-0.39, 0.29) is 0 Å². The Morgan fingerprint density at radius 1 is 1.00 bits per heavy atom. The van der Waals surface area contributed by atoms with Gasteiger partial charge >= 0.3 is 11.9 Å². The summed E-state index contributed by atoms with van der Waals surface area (Å²) >= 11 is 0. The number of benzene rings is 1. The van der Waals surface area contributed by atoms with E-state index in [1.54, 1.807) is 6.92 Å². The van der Waals surface area contributed by atoms with Crippen molar-refractivity contribution in [3.8, 4) is 0 Å². The minimum absolute atomic E-state index is 0.392. The molecule has 0 radical (unpaired) electrons. The van der Waals surface area contributed by atoms with Crippen molar-refractivity contribution in [2.24, 2.45) is 5.92 Å². The normalized spacial score (nSPS) is 13.6. The monoisotopic (exact) mass is 292 g/mol. The van der Waals surface area contributed by atoms with Crippen molar-refractivity contribution in [2.75, 3.05) is 0 Å². The van der Waals surface area contributed by atoms with Crippen LogP contribution in [0.2, 0.25) is 0 Å². The first-order valence-electron chi connectivity index (χ1n) is 7.26. The number of esters is 2. The predicted molar refractivity (Wildman–Crippen MR) is 80.7 cm³/mol. The molecule has 0 aliphatic carbocycles. The lowest BCUT2D eigenvalue weighted by atomic mass is 9.97. The Morgan fingerprint density at radius 2 is 1.57 bits per heavy atom. The van der Waals surface area contributed by atoms with Gasteiger partial charge in [-0.2, -0.15) is 0 Å². The highest BCUT2D eigenvalue weighted by atomic mass is 16.7. The van der Waals surface area contributed by atoms with Gasteiger partial charge in [0, 0.05) is 13.8 Å². The summed E-state index contributed by atoms with van der Waals surface area (Å²) in [5.74, 6) is -0.666. The number of rotatable bonds is 6. The van der Waals surface area contributed by atoms with Gasteiger partial charge in [0.2, 0.25) is 6.29 Å². The van der Waals surface area contributed by atoms with E-state index in [9.17, 15) is 9.59 Å². The summed E-state index contributed by atoms with van der Waals surface area (Å²) in [6.45, 7) is 8.92. The lowest BCUT2D eigenvalue weighted by molar-refractivity contribution is -0.183. The molecule has 1 aromatic carbocycles. The Kier molecular flexibility index (Phi) is 6.40. The quantitative estimate of drug-likeness (QED) is 0.595. The SMILES string of the molecule is CC(=O)OC(C)OC(=O)C(C)c1ccc(CC(C)C)cc1. The van der Waals surface area contributed by atoms with Gasteiger partial charge in [0.15, 0.2) is 0 Å². The van der Waals surface area contributed by atoms with Gasteiger partial charge in [-0.1, -0.05) is 38.1 Å². The molecule has 0 N–H and O–H groups in total. The summed E-state index contributed by atoms with van der Waals surface area (Å²) in [6.07, 6.45) is 0.153. The third-order valence-electron chi connectivity index (χ3n) is 3.09. The fourth-order valence-electron chi connectivity index (χ4n) is 2.07. The van der Waals surface area contributed by atoms with Crippen molar-refractivity contribution in [3.63, 3.8) is 0 Å². The van der Waals surface area contributed by atoms with Crippen molar-refractivity contribution in [1.82, 2.24) is 0 Å². The molecule has 0 amide bonds. The largest absolute Gasteiger partial charge is 0.426 e. The molecule has 0 bridgehead atoms. The maximum atomic E-state index is 12.0. The van der Waals surface area contributed by atoms with Crippen LogP contribution in [0.3, 0.4) is 0 Å². The van der Waals surface area contributed by atoms with Crippen LogP contribution >= 0.6 is 0 Å². The molecule has 0 saturated carbocycles. The average molecular weight is 292 g/mol. The zero-order chi connectivity index (χ0) is 16.0. The zero-order valence-corrected chi connectivity index (χ0v) is 13.4. The number of hydrogen-bond donors (Lipinski definition) is 0. The second-order valence-electron chi connectivity index (χ2n) is 5.68. The molecule has 0 aliphatic heterocycles. The molecular weight excluding hydrogens is 268 g/mol. The van der Waals surface area contributed by atoms with Crippen LogP contribution in [-0.2, 0) is 25.5 Å². The summed E-state index contributed by atoms with van der Waals surface area (Å²) in [5, 5.41) is 0. The highest BCUT2D eigenvalue weighted by Gasteiger charge is 2.20. The van der Waals surface area contributed by atoms with E-state index in [2.05, 4.69) is 13.8 Å². The van der Waals surface area contributed by atoms with Crippen LogP contribution in [0.1, 0.15) is 51.7 Å². The van der Waals surface area contributed by atoms with E-state index in [0.717, 1.165) is 12.0 Å². The van der Waals surface area contributed by atoms with Crippen LogP contribution < -0.4 is 0 Å². The summed E-state index contributed by atoms with van der Waals surface area (Å²) < 4.78 is 9.88. The van der Waals surface area contributed by atoms with E-state index < -0.39 is 24.1 Å². The number of hydrogen-bond acceptors (Lipinski definition) is 4. The fourth-order valence-corrected chi connectivity index (χ4v) is 2.07. The van der Waals surface area contributed by atoms with Crippen LogP contribution in [0.5, 0.6) is 0 Å². The van der Waals surface area contributed by atoms with Crippen LogP contribution in [0.4, 0.5) is 0 Å². The fraction of sp³-hybridized carbons (Fsp3) is 0.529. The molecule has 0 heterocycles. The Labute approximate surface area is 126 Å². The molecule has 0 spiro atoms. The Morgan fingerprint density at radius 3 is 2.05 bits per heavy atom. The van der Waals surface area contributed by atoms with Gasteiger partial charge in [-0.05, 0) is 30.4 Å². The van der Waals surface area contributed by atoms with Gasteiger partial charge in [0.05, 0.1) is 5.92 Å². The molecule has 2 unspecified atom stereocenters. The molecule has 1 aromatic rings. The second kappa shape index (κ2) is 7.81. The van der Waals surface area contributed by atoms with Crippen molar-refractivity contribution in [3.05, 3.63) is 35.4 Å². The first-order chi connectivity index (χ1) is 9.79. The maximum absolute atomic E-state index is 12.0. The van der Waals surface area contributed by atoms with Crippen LogP contribution in [-0.4, -0.2) is 18.2 Å². The van der Waals surface area contributed by atoms with Crippen LogP contribution in [0, 0.1) is 5.92 Å². The molecule has 116 valence electrons. The van der Waals surface area contributed by atoms with Crippen molar-refractivity contribution in [1.29, 1.82) is 0 Å².